The van der Waals surface area contributed by atoms with Crippen molar-refractivity contribution in [1.82, 2.24) is 20.4 Å². The Hall–Kier alpha value is -3.40. The van der Waals surface area contributed by atoms with Gasteiger partial charge in [-0.25, -0.2) is 4.98 Å². The predicted molar refractivity (Wildman–Crippen MR) is 108 cm³/mol. The molecule has 3 heterocycles. The lowest BCUT2D eigenvalue weighted by molar-refractivity contribution is 0.0946. The molecule has 1 aliphatic rings. The second-order valence-electron chi connectivity index (χ2n) is 6.69. The van der Waals surface area contributed by atoms with Gasteiger partial charge in [-0.2, -0.15) is 4.98 Å². The fraction of sp³-hybridized carbons (Fsp3) is 0.400. The zero-order valence-corrected chi connectivity index (χ0v) is 16.9. The van der Waals surface area contributed by atoms with Gasteiger partial charge in [-0.1, -0.05) is 5.16 Å². The first kappa shape index (κ1) is 19.9. The SMILES string of the molecule is COc1ccc(OC)c(CCNC(=O)c2noc3ncnc(N4CCOCC4)c23)c1. The molecular formula is C20H23N5O5. The number of amides is 1. The van der Waals surface area contributed by atoms with Crippen molar-refractivity contribution < 1.29 is 23.5 Å². The van der Waals surface area contributed by atoms with Crippen LogP contribution in [-0.2, 0) is 11.2 Å². The molecular weight excluding hydrogens is 390 g/mol. The standard InChI is InChI=1S/C20H23N5O5/c1-27-14-3-4-15(28-2)13(11-14)5-6-21-19(26)17-16-18(25-7-9-29-10-8-25)22-12-23-20(16)30-24-17/h3-4,11-12H,5-10H2,1-2H3,(H,21,26). The van der Waals surface area contributed by atoms with E-state index in [9.17, 15) is 4.79 Å². The number of anilines is 1. The molecule has 0 saturated carbocycles. The number of nitrogens with zero attached hydrogens (tertiary/aromatic N) is 4. The fourth-order valence-electron chi connectivity index (χ4n) is 3.41. The van der Waals surface area contributed by atoms with E-state index < -0.39 is 0 Å². The van der Waals surface area contributed by atoms with Gasteiger partial charge in [0.2, 0.25) is 0 Å². The number of carbonyl (C=O) groups excluding carboxylic acids is 1. The Morgan fingerprint density at radius 2 is 2.03 bits per heavy atom. The molecule has 0 bridgehead atoms. The number of hydrogen-bond donors (Lipinski definition) is 1. The van der Waals surface area contributed by atoms with Gasteiger partial charge < -0.3 is 29.0 Å². The topological polar surface area (TPSA) is 112 Å². The molecule has 3 aromatic rings. The van der Waals surface area contributed by atoms with Gasteiger partial charge in [0.05, 0.1) is 27.4 Å². The summed E-state index contributed by atoms with van der Waals surface area (Å²) >= 11 is 0. The molecule has 158 valence electrons. The van der Waals surface area contributed by atoms with Crippen LogP contribution in [-0.4, -0.2) is 68.1 Å². The van der Waals surface area contributed by atoms with Crippen LogP contribution in [0.1, 0.15) is 16.1 Å². The molecule has 10 nitrogen and oxygen atoms in total. The van der Waals surface area contributed by atoms with Crippen LogP contribution in [0.25, 0.3) is 11.1 Å². The Kier molecular flexibility index (Phi) is 5.94. The molecule has 1 aliphatic heterocycles. The predicted octanol–water partition coefficient (Wildman–Crippen LogP) is 1.44. The number of carbonyl (C=O) groups is 1. The number of aromatic nitrogens is 3. The Balaban J connectivity index is 1.50. The maximum atomic E-state index is 12.8. The number of benzene rings is 1. The van der Waals surface area contributed by atoms with Gasteiger partial charge in [-0.15, -0.1) is 0 Å². The largest absolute Gasteiger partial charge is 0.497 e. The third kappa shape index (κ3) is 3.99. The van der Waals surface area contributed by atoms with Crippen molar-refractivity contribution in [2.75, 3.05) is 52.0 Å². The highest BCUT2D eigenvalue weighted by molar-refractivity contribution is 6.07. The number of hydrogen-bond acceptors (Lipinski definition) is 9. The van der Waals surface area contributed by atoms with Crippen LogP contribution in [0.15, 0.2) is 29.0 Å². The second kappa shape index (κ2) is 8.95. The normalized spacial score (nSPS) is 14.0. The van der Waals surface area contributed by atoms with Crippen molar-refractivity contribution in [3.63, 3.8) is 0 Å². The highest BCUT2D eigenvalue weighted by Gasteiger charge is 2.24. The van der Waals surface area contributed by atoms with Gasteiger partial charge in [-0.3, -0.25) is 4.79 Å². The fourth-order valence-corrected chi connectivity index (χ4v) is 3.41. The van der Waals surface area contributed by atoms with Crippen LogP contribution in [0.4, 0.5) is 5.82 Å². The molecule has 2 aromatic heterocycles. The van der Waals surface area contributed by atoms with Gasteiger partial charge >= 0.3 is 0 Å². The summed E-state index contributed by atoms with van der Waals surface area (Å²) < 4.78 is 21.3. The van der Waals surface area contributed by atoms with E-state index in [2.05, 4.69) is 20.4 Å². The van der Waals surface area contributed by atoms with E-state index in [1.54, 1.807) is 14.2 Å². The van der Waals surface area contributed by atoms with E-state index in [4.69, 9.17) is 18.7 Å². The molecule has 0 spiro atoms. The van der Waals surface area contributed by atoms with E-state index in [1.165, 1.54) is 6.33 Å². The lowest BCUT2D eigenvalue weighted by atomic mass is 10.1. The Morgan fingerprint density at radius 1 is 1.20 bits per heavy atom. The van der Waals surface area contributed by atoms with Gasteiger partial charge in [-0.05, 0) is 30.2 Å². The number of morpholine rings is 1. The third-order valence-corrected chi connectivity index (χ3v) is 4.95. The average molecular weight is 413 g/mol. The van der Waals surface area contributed by atoms with Crippen molar-refractivity contribution in [2.24, 2.45) is 0 Å². The summed E-state index contributed by atoms with van der Waals surface area (Å²) in [6.45, 7) is 2.93. The van der Waals surface area contributed by atoms with Crippen molar-refractivity contribution in [3.8, 4) is 11.5 Å². The summed E-state index contributed by atoms with van der Waals surface area (Å²) in [6.07, 6.45) is 1.98. The van der Waals surface area contributed by atoms with Crippen LogP contribution in [0.5, 0.6) is 11.5 Å². The molecule has 1 N–H and O–H groups in total. The smallest absolute Gasteiger partial charge is 0.274 e. The minimum Gasteiger partial charge on any atom is -0.497 e. The summed E-state index contributed by atoms with van der Waals surface area (Å²) in [7, 11) is 3.22. The monoisotopic (exact) mass is 413 g/mol. The van der Waals surface area contributed by atoms with Crippen LogP contribution < -0.4 is 19.7 Å². The summed E-state index contributed by atoms with van der Waals surface area (Å²) in [5.74, 6) is 1.75. The van der Waals surface area contributed by atoms with E-state index in [-0.39, 0.29) is 17.3 Å². The van der Waals surface area contributed by atoms with Gasteiger partial charge in [0.25, 0.3) is 11.6 Å². The minimum atomic E-state index is -0.347. The van der Waals surface area contributed by atoms with E-state index >= 15 is 0 Å². The van der Waals surface area contributed by atoms with Crippen molar-refractivity contribution in [1.29, 1.82) is 0 Å². The van der Waals surface area contributed by atoms with E-state index in [0.29, 0.717) is 50.5 Å². The summed E-state index contributed by atoms with van der Waals surface area (Å²) in [4.78, 5) is 23.3. The van der Waals surface area contributed by atoms with Crippen LogP contribution in [0.2, 0.25) is 0 Å². The summed E-state index contributed by atoms with van der Waals surface area (Å²) in [6, 6.07) is 5.56. The molecule has 0 aliphatic carbocycles. The van der Waals surface area contributed by atoms with Gasteiger partial charge in [0.15, 0.2) is 5.69 Å². The first-order valence-electron chi connectivity index (χ1n) is 9.63. The van der Waals surface area contributed by atoms with Crippen LogP contribution in [0, 0.1) is 0 Å². The van der Waals surface area contributed by atoms with E-state index in [0.717, 1.165) is 17.1 Å². The lowest BCUT2D eigenvalue weighted by Crippen LogP contribution is -2.37. The third-order valence-electron chi connectivity index (χ3n) is 4.95. The summed E-state index contributed by atoms with van der Waals surface area (Å²) in [5, 5.41) is 7.34. The zero-order chi connectivity index (χ0) is 20.9. The molecule has 0 atom stereocenters. The Bertz CT molecular complexity index is 1030. The summed E-state index contributed by atoms with van der Waals surface area (Å²) in [5.41, 5.74) is 1.38. The minimum absolute atomic E-state index is 0.171. The molecule has 4 rings (SSSR count). The molecule has 0 unspecified atom stereocenters. The molecule has 1 saturated heterocycles. The Labute approximate surface area is 173 Å². The Morgan fingerprint density at radius 3 is 2.80 bits per heavy atom. The maximum absolute atomic E-state index is 12.8. The number of methoxy groups -OCH3 is 2. The van der Waals surface area contributed by atoms with Gasteiger partial charge in [0, 0.05) is 19.6 Å². The highest BCUT2D eigenvalue weighted by Crippen LogP contribution is 2.27. The van der Waals surface area contributed by atoms with E-state index in [1.807, 2.05) is 23.1 Å². The number of ether oxygens (including phenoxy) is 3. The van der Waals surface area contributed by atoms with Gasteiger partial charge in [0.1, 0.15) is 29.0 Å². The molecule has 1 fully saturated rings. The van der Waals surface area contributed by atoms with Crippen molar-refractivity contribution in [2.45, 2.75) is 6.42 Å². The molecule has 0 radical (unpaired) electrons. The molecule has 1 amide bonds. The van der Waals surface area contributed by atoms with Crippen LogP contribution >= 0.6 is 0 Å². The molecule has 1 aromatic carbocycles. The van der Waals surface area contributed by atoms with Crippen LogP contribution in [0.3, 0.4) is 0 Å². The first-order valence-corrected chi connectivity index (χ1v) is 9.63. The molecule has 30 heavy (non-hydrogen) atoms. The first-order chi connectivity index (χ1) is 14.7. The number of fused-ring (bicyclic) bond motifs is 1. The zero-order valence-electron chi connectivity index (χ0n) is 16.9. The number of nitrogens with one attached hydrogen (secondary N) is 1. The highest BCUT2D eigenvalue weighted by atomic mass is 16.5. The lowest BCUT2D eigenvalue weighted by Gasteiger charge is -2.27. The van der Waals surface area contributed by atoms with Crippen molar-refractivity contribution in [3.05, 3.63) is 35.8 Å². The molecule has 10 heteroatoms. The average Bonchev–Trinajstić information content (AvgIpc) is 3.24. The second-order valence-corrected chi connectivity index (χ2v) is 6.69. The van der Waals surface area contributed by atoms with Crippen molar-refractivity contribution >= 4 is 22.8 Å². The maximum Gasteiger partial charge on any atom is 0.274 e. The quantitative estimate of drug-likeness (QED) is 0.615. The number of rotatable bonds is 7.